The molecule has 0 aliphatic heterocycles. The van der Waals surface area contributed by atoms with Crippen LogP contribution in [-0.2, 0) is 0 Å². The van der Waals surface area contributed by atoms with E-state index in [2.05, 4.69) is 9.68 Å². The molecule has 0 N–H and O–H groups in total. The van der Waals surface area contributed by atoms with Crippen LogP contribution in [0.15, 0.2) is 34.9 Å². The molecule has 1 heterocycles. The quantitative estimate of drug-likeness (QED) is 0.702. The van der Waals surface area contributed by atoms with Crippen molar-refractivity contribution in [2.24, 2.45) is 0 Å². The van der Waals surface area contributed by atoms with E-state index < -0.39 is 0 Å². The van der Waals surface area contributed by atoms with Crippen molar-refractivity contribution < 1.29 is 8.91 Å². The van der Waals surface area contributed by atoms with Gasteiger partial charge in [0.1, 0.15) is 11.5 Å². The van der Waals surface area contributed by atoms with Crippen LogP contribution in [0.2, 0.25) is 5.22 Å². The van der Waals surface area contributed by atoms with E-state index in [1.807, 2.05) is 0 Å². The van der Waals surface area contributed by atoms with Crippen LogP contribution in [0.25, 0.3) is 11.3 Å². The molecule has 0 unspecified atom stereocenters. The molecule has 0 aliphatic rings. The van der Waals surface area contributed by atoms with E-state index in [1.165, 1.54) is 12.1 Å². The SMILES string of the molecule is Fc1ccc(-c2cc(Cl)on2)cc1. The van der Waals surface area contributed by atoms with Crippen LogP contribution in [0.5, 0.6) is 0 Å². The lowest BCUT2D eigenvalue weighted by Gasteiger charge is -1.92. The zero-order valence-electron chi connectivity index (χ0n) is 6.50. The molecule has 0 saturated carbocycles. The highest BCUT2D eigenvalue weighted by Gasteiger charge is 2.03. The van der Waals surface area contributed by atoms with Crippen LogP contribution in [-0.4, -0.2) is 5.16 Å². The van der Waals surface area contributed by atoms with E-state index in [1.54, 1.807) is 18.2 Å². The van der Waals surface area contributed by atoms with Crippen LogP contribution in [0.3, 0.4) is 0 Å². The summed E-state index contributed by atoms with van der Waals surface area (Å²) in [6.07, 6.45) is 0. The molecule has 0 aliphatic carbocycles. The molecule has 0 bridgehead atoms. The van der Waals surface area contributed by atoms with Gasteiger partial charge >= 0.3 is 0 Å². The Balaban J connectivity index is 2.41. The van der Waals surface area contributed by atoms with E-state index in [0.29, 0.717) is 5.69 Å². The summed E-state index contributed by atoms with van der Waals surface area (Å²) in [5, 5.41) is 3.91. The van der Waals surface area contributed by atoms with E-state index >= 15 is 0 Å². The van der Waals surface area contributed by atoms with Crippen LogP contribution >= 0.6 is 11.6 Å². The minimum absolute atomic E-state index is 0.222. The number of halogens is 2. The van der Waals surface area contributed by atoms with Gasteiger partial charge in [0.15, 0.2) is 0 Å². The highest BCUT2D eigenvalue weighted by molar-refractivity contribution is 6.29. The maximum absolute atomic E-state index is 12.5. The maximum Gasteiger partial charge on any atom is 0.226 e. The predicted octanol–water partition coefficient (Wildman–Crippen LogP) is 3.13. The van der Waals surface area contributed by atoms with Gasteiger partial charge in [-0.05, 0) is 35.9 Å². The Morgan fingerprint density at radius 3 is 2.46 bits per heavy atom. The summed E-state index contributed by atoms with van der Waals surface area (Å²) in [7, 11) is 0. The summed E-state index contributed by atoms with van der Waals surface area (Å²) < 4.78 is 17.2. The van der Waals surface area contributed by atoms with Crippen LogP contribution in [0.4, 0.5) is 4.39 Å². The molecule has 0 fully saturated rings. The normalized spacial score (nSPS) is 10.3. The zero-order chi connectivity index (χ0) is 9.26. The summed E-state index contributed by atoms with van der Waals surface area (Å²) in [4.78, 5) is 0. The first-order chi connectivity index (χ1) is 6.25. The lowest BCUT2D eigenvalue weighted by atomic mass is 10.1. The molecule has 4 heteroatoms. The number of hydrogen-bond donors (Lipinski definition) is 0. The molecule has 0 radical (unpaired) electrons. The van der Waals surface area contributed by atoms with Crippen molar-refractivity contribution >= 4 is 11.6 Å². The molecule has 2 rings (SSSR count). The first kappa shape index (κ1) is 8.26. The van der Waals surface area contributed by atoms with E-state index in [0.717, 1.165) is 5.56 Å². The molecular weight excluding hydrogens is 193 g/mol. The van der Waals surface area contributed by atoms with Gasteiger partial charge in [0.25, 0.3) is 0 Å². The molecular formula is C9H5ClFNO. The maximum atomic E-state index is 12.5. The molecule has 13 heavy (non-hydrogen) atoms. The molecule has 0 saturated heterocycles. The number of nitrogens with zero attached hydrogens (tertiary/aromatic N) is 1. The first-order valence-electron chi connectivity index (χ1n) is 3.64. The Morgan fingerprint density at radius 1 is 1.23 bits per heavy atom. The van der Waals surface area contributed by atoms with Gasteiger partial charge in [0.2, 0.25) is 5.22 Å². The Kier molecular flexibility index (Phi) is 2.02. The fourth-order valence-corrected chi connectivity index (χ4v) is 1.15. The molecule has 0 amide bonds. The molecule has 2 nitrogen and oxygen atoms in total. The highest BCUT2D eigenvalue weighted by atomic mass is 35.5. The van der Waals surface area contributed by atoms with Crippen molar-refractivity contribution in [1.82, 2.24) is 5.16 Å². The second-order valence-electron chi connectivity index (χ2n) is 2.52. The Morgan fingerprint density at radius 2 is 1.92 bits per heavy atom. The monoisotopic (exact) mass is 197 g/mol. The summed E-state index contributed by atoms with van der Waals surface area (Å²) in [6, 6.07) is 7.53. The number of benzene rings is 1. The second-order valence-corrected chi connectivity index (χ2v) is 2.90. The molecule has 2 aromatic rings. The zero-order valence-corrected chi connectivity index (χ0v) is 7.25. The van der Waals surface area contributed by atoms with Crippen molar-refractivity contribution in [1.29, 1.82) is 0 Å². The molecule has 0 atom stereocenters. The lowest BCUT2D eigenvalue weighted by Crippen LogP contribution is -1.77. The van der Waals surface area contributed by atoms with Crippen molar-refractivity contribution in [2.45, 2.75) is 0 Å². The molecule has 1 aromatic carbocycles. The average molecular weight is 198 g/mol. The van der Waals surface area contributed by atoms with Gasteiger partial charge in [0, 0.05) is 11.6 Å². The van der Waals surface area contributed by atoms with E-state index in [4.69, 9.17) is 11.6 Å². The third kappa shape index (κ3) is 1.70. The first-order valence-corrected chi connectivity index (χ1v) is 4.01. The second kappa shape index (κ2) is 3.18. The number of aromatic nitrogens is 1. The van der Waals surface area contributed by atoms with Gasteiger partial charge in [0.05, 0.1) is 0 Å². The van der Waals surface area contributed by atoms with Crippen LogP contribution in [0.1, 0.15) is 0 Å². The van der Waals surface area contributed by atoms with Crippen LogP contribution in [0, 0.1) is 5.82 Å². The van der Waals surface area contributed by atoms with Crippen LogP contribution < -0.4 is 0 Å². The highest BCUT2D eigenvalue weighted by Crippen LogP contribution is 2.21. The van der Waals surface area contributed by atoms with Gasteiger partial charge in [-0.2, -0.15) is 0 Å². The van der Waals surface area contributed by atoms with Gasteiger partial charge in [-0.3, -0.25) is 0 Å². The number of hydrogen-bond acceptors (Lipinski definition) is 2. The van der Waals surface area contributed by atoms with Gasteiger partial charge in [-0.1, -0.05) is 5.16 Å². The topological polar surface area (TPSA) is 26.0 Å². The number of rotatable bonds is 1. The summed E-state index contributed by atoms with van der Waals surface area (Å²) >= 11 is 5.54. The summed E-state index contributed by atoms with van der Waals surface area (Å²) in [6.45, 7) is 0. The molecule has 0 spiro atoms. The summed E-state index contributed by atoms with van der Waals surface area (Å²) in [5.74, 6) is -0.279. The minimum atomic E-state index is -0.279. The van der Waals surface area contributed by atoms with E-state index in [9.17, 15) is 4.39 Å². The predicted molar refractivity (Wildman–Crippen MR) is 46.9 cm³/mol. The van der Waals surface area contributed by atoms with Crippen molar-refractivity contribution in [2.75, 3.05) is 0 Å². The van der Waals surface area contributed by atoms with Crippen molar-refractivity contribution in [3.63, 3.8) is 0 Å². The van der Waals surface area contributed by atoms with Gasteiger partial charge in [-0.25, -0.2) is 4.39 Å². The average Bonchev–Trinajstić information content (AvgIpc) is 2.53. The Hall–Kier alpha value is -1.35. The van der Waals surface area contributed by atoms with Crippen molar-refractivity contribution in [3.05, 3.63) is 41.4 Å². The largest absolute Gasteiger partial charge is 0.344 e. The minimum Gasteiger partial charge on any atom is -0.344 e. The fourth-order valence-electron chi connectivity index (χ4n) is 1.01. The molecule has 1 aromatic heterocycles. The smallest absolute Gasteiger partial charge is 0.226 e. The van der Waals surface area contributed by atoms with Crippen molar-refractivity contribution in [3.8, 4) is 11.3 Å². The Bertz CT molecular complexity index is 410. The fraction of sp³-hybridized carbons (Fsp3) is 0. The van der Waals surface area contributed by atoms with E-state index in [-0.39, 0.29) is 11.0 Å². The van der Waals surface area contributed by atoms with Gasteiger partial charge < -0.3 is 4.52 Å². The standard InChI is InChI=1S/C9H5ClFNO/c10-9-5-8(12-13-9)6-1-3-7(11)4-2-6/h1-5H. The molecule has 66 valence electrons. The Labute approximate surface area is 78.9 Å². The third-order valence-corrected chi connectivity index (χ3v) is 1.80. The third-order valence-electron chi connectivity index (χ3n) is 1.62. The summed E-state index contributed by atoms with van der Waals surface area (Å²) in [5.41, 5.74) is 1.38. The lowest BCUT2D eigenvalue weighted by molar-refractivity contribution is 0.424. The van der Waals surface area contributed by atoms with Gasteiger partial charge in [-0.15, -0.1) is 0 Å².